The van der Waals surface area contributed by atoms with Crippen molar-refractivity contribution in [2.45, 2.75) is 63.8 Å². The van der Waals surface area contributed by atoms with Gasteiger partial charge in [0.05, 0.1) is 13.2 Å². The van der Waals surface area contributed by atoms with Gasteiger partial charge in [-0.2, -0.15) is 0 Å². The third-order valence-electron chi connectivity index (χ3n) is 6.73. The van der Waals surface area contributed by atoms with Gasteiger partial charge in [-0.05, 0) is 37.2 Å². The Bertz CT molecular complexity index is 893. The van der Waals surface area contributed by atoms with E-state index >= 15 is 0 Å². The summed E-state index contributed by atoms with van der Waals surface area (Å²) in [5, 5.41) is 5.38. The SMILES string of the molecule is COc1ccccc1C1CCCN1C(=O)CC1(CC(=O)Nc2nccs2)CCCCC1. The third-order valence-corrected chi connectivity index (χ3v) is 7.41. The number of rotatable bonds is 7. The number of ether oxygens (including phenoxy) is 1. The van der Waals surface area contributed by atoms with E-state index in [-0.39, 0.29) is 23.3 Å². The minimum absolute atomic E-state index is 0.0349. The van der Waals surface area contributed by atoms with Crippen molar-refractivity contribution >= 4 is 28.3 Å². The van der Waals surface area contributed by atoms with Crippen LogP contribution in [0.4, 0.5) is 5.13 Å². The molecule has 2 fully saturated rings. The molecule has 0 bridgehead atoms. The molecule has 2 aliphatic rings. The number of anilines is 1. The maximum Gasteiger partial charge on any atom is 0.226 e. The van der Waals surface area contributed by atoms with Crippen LogP contribution in [0.1, 0.15) is 69.4 Å². The second-order valence-electron chi connectivity index (χ2n) is 8.79. The lowest BCUT2D eigenvalue weighted by atomic mass is 9.69. The number of amides is 2. The van der Waals surface area contributed by atoms with E-state index in [9.17, 15) is 9.59 Å². The summed E-state index contributed by atoms with van der Waals surface area (Å²) in [5.41, 5.74) is 0.819. The fraction of sp³-hybridized carbons (Fsp3) is 0.542. The van der Waals surface area contributed by atoms with Crippen LogP contribution in [0.15, 0.2) is 35.8 Å². The molecule has 1 atom stereocenters. The Hall–Kier alpha value is -2.41. The smallest absolute Gasteiger partial charge is 0.226 e. The van der Waals surface area contributed by atoms with Crippen molar-refractivity contribution in [2.24, 2.45) is 5.41 Å². The van der Waals surface area contributed by atoms with Gasteiger partial charge in [0.1, 0.15) is 5.75 Å². The van der Waals surface area contributed by atoms with Crippen LogP contribution >= 0.6 is 11.3 Å². The van der Waals surface area contributed by atoms with Gasteiger partial charge in [-0.25, -0.2) is 4.98 Å². The van der Waals surface area contributed by atoms with E-state index in [0.717, 1.165) is 56.4 Å². The Balaban J connectivity index is 1.48. The molecule has 166 valence electrons. The third kappa shape index (κ3) is 5.09. The molecular weight excluding hydrogens is 410 g/mol. The normalized spacial score (nSPS) is 20.4. The second-order valence-corrected chi connectivity index (χ2v) is 9.68. The first kappa shape index (κ1) is 21.8. The molecule has 1 saturated carbocycles. The van der Waals surface area contributed by atoms with E-state index in [4.69, 9.17) is 4.74 Å². The predicted molar refractivity (Wildman–Crippen MR) is 122 cm³/mol. The van der Waals surface area contributed by atoms with Crippen LogP contribution in [0.3, 0.4) is 0 Å². The highest BCUT2D eigenvalue weighted by Crippen LogP contribution is 2.45. The summed E-state index contributed by atoms with van der Waals surface area (Å²) in [4.78, 5) is 32.5. The Morgan fingerprint density at radius 2 is 2.00 bits per heavy atom. The van der Waals surface area contributed by atoms with E-state index in [2.05, 4.69) is 16.4 Å². The highest BCUT2D eigenvalue weighted by Gasteiger charge is 2.40. The molecule has 1 aliphatic carbocycles. The van der Waals surface area contributed by atoms with Gasteiger partial charge in [0.15, 0.2) is 5.13 Å². The van der Waals surface area contributed by atoms with E-state index in [0.29, 0.717) is 18.0 Å². The van der Waals surface area contributed by atoms with Crippen LogP contribution in [0.5, 0.6) is 5.75 Å². The molecule has 1 unspecified atom stereocenters. The fourth-order valence-electron chi connectivity index (χ4n) is 5.26. The van der Waals surface area contributed by atoms with Crippen LogP contribution in [0.25, 0.3) is 0 Å². The molecule has 1 saturated heterocycles. The minimum Gasteiger partial charge on any atom is -0.496 e. The molecule has 2 aromatic rings. The molecule has 1 N–H and O–H groups in total. The second kappa shape index (κ2) is 9.81. The molecule has 1 aliphatic heterocycles. The van der Waals surface area contributed by atoms with Gasteiger partial charge in [0.25, 0.3) is 0 Å². The molecule has 1 aromatic heterocycles. The number of nitrogens with zero attached hydrogens (tertiary/aromatic N) is 2. The Morgan fingerprint density at radius 1 is 1.19 bits per heavy atom. The zero-order valence-corrected chi connectivity index (χ0v) is 19.0. The first-order chi connectivity index (χ1) is 15.1. The van der Waals surface area contributed by atoms with Gasteiger partial charge in [0, 0.05) is 36.5 Å². The number of carbonyl (C=O) groups excluding carboxylic acids is 2. The summed E-state index contributed by atoms with van der Waals surface area (Å²) in [7, 11) is 1.68. The molecule has 2 amide bonds. The fourth-order valence-corrected chi connectivity index (χ4v) is 5.80. The summed E-state index contributed by atoms with van der Waals surface area (Å²) in [6.45, 7) is 0.767. The van der Waals surface area contributed by atoms with E-state index < -0.39 is 0 Å². The van der Waals surface area contributed by atoms with Gasteiger partial charge < -0.3 is 15.0 Å². The van der Waals surface area contributed by atoms with Crippen LogP contribution in [-0.4, -0.2) is 35.4 Å². The number of methoxy groups -OCH3 is 1. The van der Waals surface area contributed by atoms with Crippen molar-refractivity contribution in [1.29, 1.82) is 0 Å². The highest BCUT2D eigenvalue weighted by atomic mass is 32.1. The van der Waals surface area contributed by atoms with Crippen molar-refractivity contribution < 1.29 is 14.3 Å². The lowest BCUT2D eigenvalue weighted by molar-refractivity contribution is -0.136. The van der Waals surface area contributed by atoms with Gasteiger partial charge in [-0.15, -0.1) is 11.3 Å². The lowest BCUT2D eigenvalue weighted by Gasteiger charge is -2.38. The van der Waals surface area contributed by atoms with E-state index in [1.165, 1.54) is 17.8 Å². The van der Waals surface area contributed by atoms with Crippen molar-refractivity contribution in [2.75, 3.05) is 19.0 Å². The van der Waals surface area contributed by atoms with Gasteiger partial charge in [0.2, 0.25) is 11.8 Å². The molecular formula is C24H31N3O3S. The summed E-state index contributed by atoms with van der Waals surface area (Å²) in [6, 6.07) is 8.04. The molecule has 4 rings (SSSR count). The number of nitrogens with one attached hydrogen (secondary N) is 1. The Kier molecular flexibility index (Phi) is 6.90. The topological polar surface area (TPSA) is 71.5 Å². The molecule has 7 heteroatoms. The number of hydrogen-bond acceptors (Lipinski definition) is 5. The van der Waals surface area contributed by atoms with Crippen LogP contribution < -0.4 is 10.1 Å². The number of hydrogen-bond donors (Lipinski definition) is 1. The summed E-state index contributed by atoms with van der Waals surface area (Å²) in [5.74, 6) is 0.965. The summed E-state index contributed by atoms with van der Waals surface area (Å²) in [6.07, 6.45) is 9.63. The number of benzene rings is 1. The molecule has 0 radical (unpaired) electrons. The molecule has 2 heterocycles. The summed E-state index contributed by atoms with van der Waals surface area (Å²) < 4.78 is 5.56. The number of para-hydroxylation sites is 1. The number of likely N-dealkylation sites (tertiary alicyclic amines) is 1. The summed E-state index contributed by atoms with van der Waals surface area (Å²) >= 11 is 1.42. The molecule has 31 heavy (non-hydrogen) atoms. The zero-order chi connectivity index (χ0) is 21.7. The number of thiazole rings is 1. The van der Waals surface area contributed by atoms with Crippen molar-refractivity contribution in [1.82, 2.24) is 9.88 Å². The maximum absolute atomic E-state index is 13.5. The van der Waals surface area contributed by atoms with Gasteiger partial charge in [-0.3, -0.25) is 9.59 Å². The predicted octanol–water partition coefficient (Wildman–Crippen LogP) is 5.18. The average molecular weight is 442 g/mol. The quantitative estimate of drug-likeness (QED) is 0.642. The van der Waals surface area contributed by atoms with Crippen molar-refractivity contribution in [3.8, 4) is 5.75 Å². The number of aromatic nitrogens is 1. The standard InChI is InChI=1S/C24H31N3O3S/c1-30-20-10-4-3-8-18(20)19-9-7-14-27(19)22(29)17-24(11-5-2-6-12-24)16-21(28)26-23-25-13-15-31-23/h3-4,8,10,13,15,19H,2,5-7,9,11-12,14,16-17H2,1H3,(H,25,26,28). The molecule has 1 aromatic carbocycles. The first-order valence-corrected chi connectivity index (χ1v) is 12.1. The van der Waals surface area contributed by atoms with Crippen LogP contribution in [0.2, 0.25) is 0 Å². The largest absolute Gasteiger partial charge is 0.496 e. The number of carbonyl (C=O) groups is 2. The Morgan fingerprint density at radius 3 is 2.74 bits per heavy atom. The van der Waals surface area contributed by atoms with Crippen LogP contribution in [-0.2, 0) is 9.59 Å². The molecule has 6 nitrogen and oxygen atoms in total. The van der Waals surface area contributed by atoms with E-state index in [1.54, 1.807) is 13.3 Å². The van der Waals surface area contributed by atoms with Gasteiger partial charge in [-0.1, -0.05) is 37.5 Å². The van der Waals surface area contributed by atoms with Crippen LogP contribution in [0, 0.1) is 5.41 Å². The van der Waals surface area contributed by atoms with Crippen molar-refractivity contribution in [3.63, 3.8) is 0 Å². The van der Waals surface area contributed by atoms with Crippen molar-refractivity contribution in [3.05, 3.63) is 41.4 Å². The average Bonchev–Trinajstić information content (AvgIpc) is 3.46. The van der Waals surface area contributed by atoms with E-state index in [1.807, 2.05) is 28.5 Å². The highest BCUT2D eigenvalue weighted by molar-refractivity contribution is 7.13. The first-order valence-electron chi connectivity index (χ1n) is 11.2. The Labute approximate surface area is 188 Å². The zero-order valence-electron chi connectivity index (χ0n) is 18.1. The lowest BCUT2D eigenvalue weighted by Crippen LogP contribution is -2.38. The monoisotopic (exact) mass is 441 g/mol. The maximum atomic E-state index is 13.5. The van der Waals surface area contributed by atoms with Gasteiger partial charge >= 0.3 is 0 Å². The molecule has 0 spiro atoms. The minimum atomic E-state index is -0.259.